The van der Waals surface area contributed by atoms with E-state index >= 15 is 0 Å². The molecular formula is C14H25N3O4S. The van der Waals surface area contributed by atoms with Crippen molar-refractivity contribution in [2.75, 3.05) is 20.6 Å². The van der Waals surface area contributed by atoms with Crippen LogP contribution in [0.15, 0.2) is 15.6 Å². The van der Waals surface area contributed by atoms with Crippen molar-refractivity contribution in [2.24, 2.45) is 11.7 Å². The standard InChI is InChI=1S/C14H25N3O4S/c1-9(2)6-11(8-15)16-14(18)12-7-13(21-10(12)3)22(19,20)17(4)5/h7,9,11H,6,8,15H2,1-5H3,(H,16,18). The van der Waals surface area contributed by atoms with Crippen molar-refractivity contribution in [2.45, 2.75) is 38.3 Å². The number of rotatable bonds is 7. The Morgan fingerprint density at radius 1 is 1.41 bits per heavy atom. The average Bonchev–Trinajstić information content (AvgIpc) is 2.79. The number of hydrogen-bond donors (Lipinski definition) is 2. The van der Waals surface area contributed by atoms with E-state index in [4.69, 9.17) is 10.2 Å². The minimum Gasteiger partial charge on any atom is -0.448 e. The van der Waals surface area contributed by atoms with Gasteiger partial charge in [0.15, 0.2) is 0 Å². The van der Waals surface area contributed by atoms with Gasteiger partial charge in [-0.3, -0.25) is 4.79 Å². The summed E-state index contributed by atoms with van der Waals surface area (Å²) in [5.41, 5.74) is 5.87. The lowest BCUT2D eigenvalue weighted by molar-refractivity contribution is 0.0932. The Hall–Kier alpha value is -1.38. The lowest BCUT2D eigenvalue weighted by Crippen LogP contribution is -2.41. The van der Waals surface area contributed by atoms with E-state index in [-0.39, 0.29) is 28.4 Å². The van der Waals surface area contributed by atoms with Gasteiger partial charge in [-0.2, -0.15) is 0 Å². The zero-order valence-electron chi connectivity index (χ0n) is 13.7. The van der Waals surface area contributed by atoms with Gasteiger partial charge in [0, 0.05) is 32.7 Å². The minimum atomic E-state index is -3.70. The summed E-state index contributed by atoms with van der Waals surface area (Å²) in [7, 11) is -0.898. The van der Waals surface area contributed by atoms with E-state index in [2.05, 4.69) is 5.32 Å². The van der Waals surface area contributed by atoms with Crippen molar-refractivity contribution in [1.82, 2.24) is 9.62 Å². The van der Waals surface area contributed by atoms with E-state index < -0.39 is 10.0 Å². The summed E-state index contributed by atoms with van der Waals surface area (Å²) in [4.78, 5) is 12.3. The van der Waals surface area contributed by atoms with Gasteiger partial charge < -0.3 is 15.5 Å². The van der Waals surface area contributed by atoms with E-state index in [0.717, 1.165) is 10.7 Å². The number of hydrogen-bond acceptors (Lipinski definition) is 5. The topological polar surface area (TPSA) is 106 Å². The monoisotopic (exact) mass is 331 g/mol. The molecule has 1 rings (SSSR count). The fourth-order valence-corrected chi connectivity index (χ4v) is 2.89. The average molecular weight is 331 g/mol. The molecule has 3 N–H and O–H groups in total. The Labute approximate surface area is 131 Å². The Kier molecular flexibility index (Phi) is 6.16. The van der Waals surface area contributed by atoms with Gasteiger partial charge in [-0.25, -0.2) is 12.7 Å². The van der Waals surface area contributed by atoms with Gasteiger partial charge in [-0.05, 0) is 19.3 Å². The number of amides is 1. The number of nitrogens with one attached hydrogen (secondary N) is 1. The molecule has 0 aliphatic carbocycles. The second-order valence-electron chi connectivity index (χ2n) is 5.86. The van der Waals surface area contributed by atoms with Crippen molar-refractivity contribution < 1.29 is 17.6 Å². The van der Waals surface area contributed by atoms with Crippen molar-refractivity contribution in [1.29, 1.82) is 0 Å². The summed E-state index contributed by atoms with van der Waals surface area (Å²) in [6.07, 6.45) is 0.752. The molecule has 0 saturated carbocycles. The second kappa shape index (κ2) is 7.26. The van der Waals surface area contributed by atoms with E-state index in [1.165, 1.54) is 20.2 Å². The van der Waals surface area contributed by atoms with Crippen LogP contribution in [0.2, 0.25) is 0 Å². The molecule has 1 unspecified atom stereocenters. The Balaban J connectivity index is 2.98. The molecule has 1 heterocycles. The van der Waals surface area contributed by atoms with Gasteiger partial charge in [0.1, 0.15) is 5.76 Å². The molecule has 1 aromatic rings. The quantitative estimate of drug-likeness (QED) is 0.773. The molecule has 8 heteroatoms. The van der Waals surface area contributed by atoms with Gasteiger partial charge in [0.05, 0.1) is 5.56 Å². The zero-order chi connectivity index (χ0) is 17.1. The van der Waals surface area contributed by atoms with E-state index in [1.54, 1.807) is 6.92 Å². The molecule has 1 atom stereocenters. The van der Waals surface area contributed by atoms with Gasteiger partial charge in [0.25, 0.3) is 15.9 Å². The van der Waals surface area contributed by atoms with Crippen molar-refractivity contribution in [3.8, 4) is 0 Å². The first-order chi connectivity index (χ1) is 10.1. The summed E-state index contributed by atoms with van der Waals surface area (Å²) in [6, 6.07) is 1.10. The van der Waals surface area contributed by atoms with Crippen LogP contribution >= 0.6 is 0 Å². The molecule has 22 heavy (non-hydrogen) atoms. The first kappa shape index (κ1) is 18.7. The lowest BCUT2D eigenvalue weighted by atomic mass is 10.0. The van der Waals surface area contributed by atoms with Gasteiger partial charge in [-0.1, -0.05) is 13.8 Å². The van der Waals surface area contributed by atoms with Gasteiger partial charge in [0.2, 0.25) is 5.09 Å². The summed E-state index contributed by atoms with van der Waals surface area (Å²) >= 11 is 0. The number of aryl methyl sites for hydroxylation is 1. The van der Waals surface area contributed by atoms with Crippen molar-refractivity contribution in [3.63, 3.8) is 0 Å². The van der Waals surface area contributed by atoms with Crippen molar-refractivity contribution in [3.05, 3.63) is 17.4 Å². The summed E-state index contributed by atoms with van der Waals surface area (Å²) < 4.78 is 30.3. The molecule has 1 amide bonds. The van der Waals surface area contributed by atoms with Crippen LogP contribution in [0.3, 0.4) is 0 Å². The normalized spacial score (nSPS) is 13.6. The number of nitrogens with two attached hydrogens (primary N) is 1. The molecule has 0 aromatic carbocycles. The van der Waals surface area contributed by atoms with Crippen LogP contribution in [0, 0.1) is 12.8 Å². The summed E-state index contributed by atoms with van der Waals surface area (Å²) in [6.45, 7) is 5.96. The predicted octanol–water partition coefficient (Wildman–Crippen LogP) is 0.942. The predicted molar refractivity (Wildman–Crippen MR) is 84.1 cm³/mol. The van der Waals surface area contributed by atoms with Crippen LogP contribution in [0.5, 0.6) is 0 Å². The van der Waals surface area contributed by atoms with Gasteiger partial charge >= 0.3 is 0 Å². The summed E-state index contributed by atoms with van der Waals surface area (Å²) in [5.74, 6) is 0.278. The zero-order valence-corrected chi connectivity index (χ0v) is 14.5. The molecule has 0 saturated heterocycles. The van der Waals surface area contributed by atoms with Crippen LogP contribution in [-0.2, 0) is 10.0 Å². The molecule has 7 nitrogen and oxygen atoms in total. The molecule has 0 aliphatic rings. The van der Waals surface area contributed by atoms with E-state index in [9.17, 15) is 13.2 Å². The smallest absolute Gasteiger partial charge is 0.275 e. The maximum Gasteiger partial charge on any atom is 0.275 e. The SMILES string of the molecule is Cc1oc(S(=O)(=O)N(C)C)cc1C(=O)NC(CN)CC(C)C. The van der Waals surface area contributed by atoms with Gasteiger partial charge in [-0.15, -0.1) is 0 Å². The third kappa shape index (κ3) is 4.31. The maximum absolute atomic E-state index is 12.3. The number of sulfonamides is 1. The highest BCUT2D eigenvalue weighted by Gasteiger charge is 2.26. The number of carbonyl (C=O) groups excluding carboxylic acids is 1. The Bertz CT molecular complexity index is 620. The molecule has 0 fully saturated rings. The van der Waals surface area contributed by atoms with Crippen LogP contribution in [0.4, 0.5) is 0 Å². The molecule has 0 radical (unpaired) electrons. The highest BCUT2D eigenvalue weighted by molar-refractivity contribution is 7.88. The minimum absolute atomic E-state index is 0.157. The fraction of sp³-hybridized carbons (Fsp3) is 0.643. The van der Waals surface area contributed by atoms with Crippen LogP contribution in [0.1, 0.15) is 36.4 Å². The van der Waals surface area contributed by atoms with Crippen LogP contribution < -0.4 is 11.1 Å². The second-order valence-corrected chi connectivity index (χ2v) is 7.94. The molecule has 0 bridgehead atoms. The molecular weight excluding hydrogens is 306 g/mol. The largest absolute Gasteiger partial charge is 0.448 e. The Morgan fingerprint density at radius 3 is 2.45 bits per heavy atom. The first-order valence-electron chi connectivity index (χ1n) is 7.13. The van der Waals surface area contributed by atoms with E-state index in [0.29, 0.717) is 12.5 Å². The lowest BCUT2D eigenvalue weighted by Gasteiger charge is -2.18. The molecule has 0 aliphatic heterocycles. The molecule has 1 aromatic heterocycles. The van der Waals surface area contributed by atoms with Crippen molar-refractivity contribution >= 4 is 15.9 Å². The molecule has 126 valence electrons. The van der Waals surface area contributed by atoms with E-state index in [1.807, 2.05) is 13.8 Å². The highest BCUT2D eigenvalue weighted by atomic mass is 32.2. The number of carbonyl (C=O) groups is 1. The van der Waals surface area contributed by atoms with Crippen LogP contribution in [-0.4, -0.2) is 45.3 Å². The number of furan rings is 1. The maximum atomic E-state index is 12.3. The highest BCUT2D eigenvalue weighted by Crippen LogP contribution is 2.21. The third-order valence-electron chi connectivity index (χ3n) is 3.25. The van der Waals surface area contributed by atoms with Crippen LogP contribution in [0.25, 0.3) is 0 Å². The summed E-state index contributed by atoms with van der Waals surface area (Å²) in [5, 5.41) is 2.57. The fourth-order valence-electron chi connectivity index (χ4n) is 2.03. The Morgan fingerprint density at radius 2 is 2.00 bits per heavy atom. The number of nitrogens with zero attached hydrogens (tertiary/aromatic N) is 1. The third-order valence-corrected chi connectivity index (χ3v) is 4.92. The first-order valence-corrected chi connectivity index (χ1v) is 8.57. The molecule has 0 spiro atoms.